The van der Waals surface area contributed by atoms with Gasteiger partial charge < -0.3 is 4.90 Å². The first kappa shape index (κ1) is 14.6. The van der Waals surface area contributed by atoms with Gasteiger partial charge >= 0.3 is 0 Å². The van der Waals surface area contributed by atoms with E-state index in [4.69, 9.17) is 0 Å². The number of nitrogens with zero attached hydrogens (tertiary/aromatic N) is 5. The van der Waals surface area contributed by atoms with Gasteiger partial charge in [0.2, 0.25) is 0 Å². The zero-order chi connectivity index (χ0) is 15.6. The lowest BCUT2D eigenvalue weighted by Crippen LogP contribution is -2.35. The lowest BCUT2D eigenvalue weighted by atomic mass is 9.96. The standard InChI is InChI=1S/C17H18BrN5/c18-14-10-15-17(20-11-14)16(2-6-19-15)22-8-3-13(4-9-22)12-23-7-1-5-21-23/h1-2,5-7,10-11,13H,3-4,8-9,12H2. The average Bonchev–Trinajstić information content (AvgIpc) is 3.08. The minimum absolute atomic E-state index is 0.696. The van der Waals surface area contributed by atoms with Gasteiger partial charge in [0, 0.05) is 48.9 Å². The predicted octanol–water partition coefficient (Wildman–Crippen LogP) is 3.51. The molecule has 118 valence electrons. The smallest absolute Gasteiger partial charge is 0.112 e. The number of anilines is 1. The van der Waals surface area contributed by atoms with Crippen molar-refractivity contribution in [3.05, 3.63) is 47.5 Å². The van der Waals surface area contributed by atoms with E-state index >= 15 is 0 Å². The molecular formula is C17H18BrN5. The molecule has 1 aliphatic heterocycles. The maximum Gasteiger partial charge on any atom is 0.112 e. The van der Waals surface area contributed by atoms with Crippen molar-refractivity contribution < 1.29 is 0 Å². The molecule has 0 saturated carbocycles. The molecule has 23 heavy (non-hydrogen) atoms. The molecule has 0 aliphatic carbocycles. The van der Waals surface area contributed by atoms with Crippen molar-refractivity contribution in [2.24, 2.45) is 5.92 Å². The van der Waals surface area contributed by atoms with E-state index in [1.807, 2.05) is 41.6 Å². The molecule has 0 unspecified atom stereocenters. The molecule has 3 aromatic rings. The molecule has 0 aromatic carbocycles. The third-order valence-corrected chi connectivity index (χ3v) is 4.92. The number of piperidine rings is 1. The number of rotatable bonds is 3. The van der Waals surface area contributed by atoms with Gasteiger partial charge in [-0.25, -0.2) is 0 Å². The highest BCUT2D eigenvalue weighted by Gasteiger charge is 2.21. The molecule has 0 N–H and O–H groups in total. The molecule has 0 amide bonds. The van der Waals surface area contributed by atoms with Gasteiger partial charge in [0.15, 0.2) is 0 Å². The monoisotopic (exact) mass is 371 g/mol. The summed E-state index contributed by atoms with van der Waals surface area (Å²) in [6.45, 7) is 3.13. The Morgan fingerprint density at radius 1 is 1.17 bits per heavy atom. The second kappa shape index (κ2) is 6.28. The van der Waals surface area contributed by atoms with E-state index in [1.165, 1.54) is 18.5 Å². The van der Waals surface area contributed by atoms with E-state index in [9.17, 15) is 0 Å². The summed E-state index contributed by atoms with van der Waals surface area (Å²) < 4.78 is 3.01. The predicted molar refractivity (Wildman–Crippen MR) is 94.4 cm³/mol. The number of aromatic nitrogens is 4. The van der Waals surface area contributed by atoms with Crippen molar-refractivity contribution in [3.63, 3.8) is 0 Å². The lowest BCUT2D eigenvalue weighted by Gasteiger charge is -2.33. The highest BCUT2D eigenvalue weighted by molar-refractivity contribution is 9.10. The number of hydrogen-bond donors (Lipinski definition) is 0. The molecule has 1 saturated heterocycles. The van der Waals surface area contributed by atoms with Gasteiger partial charge in [-0.1, -0.05) is 0 Å². The highest BCUT2D eigenvalue weighted by atomic mass is 79.9. The van der Waals surface area contributed by atoms with E-state index in [1.54, 1.807) is 0 Å². The maximum atomic E-state index is 4.57. The molecule has 1 aliphatic rings. The molecule has 5 nitrogen and oxygen atoms in total. The van der Waals surface area contributed by atoms with Gasteiger partial charge in [-0.15, -0.1) is 0 Å². The van der Waals surface area contributed by atoms with Crippen molar-refractivity contribution >= 4 is 32.7 Å². The zero-order valence-electron chi connectivity index (χ0n) is 12.8. The molecule has 3 aromatic heterocycles. The number of halogens is 1. The van der Waals surface area contributed by atoms with Crippen LogP contribution in [0.15, 0.2) is 47.5 Å². The van der Waals surface area contributed by atoms with Crippen LogP contribution in [0.4, 0.5) is 5.69 Å². The first-order valence-corrected chi connectivity index (χ1v) is 8.71. The Kier molecular flexibility index (Phi) is 3.99. The van der Waals surface area contributed by atoms with Gasteiger partial charge in [0.25, 0.3) is 0 Å². The third kappa shape index (κ3) is 3.08. The zero-order valence-corrected chi connectivity index (χ0v) is 14.4. The van der Waals surface area contributed by atoms with Crippen molar-refractivity contribution in [1.29, 1.82) is 0 Å². The summed E-state index contributed by atoms with van der Waals surface area (Å²) in [5.41, 5.74) is 3.12. The van der Waals surface area contributed by atoms with Crippen LogP contribution in [0, 0.1) is 5.92 Å². The summed E-state index contributed by atoms with van der Waals surface area (Å²) in [4.78, 5) is 11.4. The molecule has 0 radical (unpaired) electrons. The largest absolute Gasteiger partial charge is 0.370 e. The van der Waals surface area contributed by atoms with Gasteiger partial charge in [0.05, 0.1) is 11.2 Å². The van der Waals surface area contributed by atoms with Gasteiger partial charge in [-0.3, -0.25) is 14.6 Å². The van der Waals surface area contributed by atoms with Crippen LogP contribution in [0.3, 0.4) is 0 Å². The Hall–Kier alpha value is -1.95. The van der Waals surface area contributed by atoms with Gasteiger partial charge in [-0.05, 0) is 52.9 Å². The van der Waals surface area contributed by atoms with Crippen molar-refractivity contribution in [2.45, 2.75) is 19.4 Å². The van der Waals surface area contributed by atoms with Gasteiger partial charge in [0.1, 0.15) is 5.52 Å². The van der Waals surface area contributed by atoms with E-state index in [-0.39, 0.29) is 0 Å². The van der Waals surface area contributed by atoms with Crippen LogP contribution in [0.2, 0.25) is 0 Å². The van der Waals surface area contributed by atoms with E-state index in [0.717, 1.165) is 35.1 Å². The van der Waals surface area contributed by atoms with Crippen LogP contribution in [0.5, 0.6) is 0 Å². The van der Waals surface area contributed by atoms with Crippen LogP contribution >= 0.6 is 15.9 Å². The fourth-order valence-corrected chi connectivity index (χ4v) is 3.60. The fourth-order valence-electron chi connectivity index (χ4n) is 3.28. The summed E-state index contributed by atoms with van der Waals surface area (Å²) in [6.07, 6.45) is 9.98. The quantitative estimate of drug-likeness (QED) is 0.706. The Balaban J connectivity index is 1.50. The molecule has 0 bridgehead atoms. The molecule has 0 atom stereocenters. The SMILES string of the molecule is Brc1cnc2c(N3CCC(Cn4cccn4)CC3)ccnc2c1. The number of hydrogen-bond acceptors (Lipinski definition) is 4. The fraction of sp³-hybridized carbons (Fsp3) is 0.353. The van der Waals surface area contributed by atoms with Crippen molar-refractivity contribution in [1.82, 2.24) is 19.7 Å². The summed E-state index contributed by atoms with van der Waals surface area (Å²) in [6, 6.07) is 6.09. The summed E-state index contributed by atoms with van der Waals surface area (Å²) in [5, 5.41) is 4.32. The number of fused-ring (bicyclic) bond motifs is 1. The minimum Gasteiger partial charge on any atom is -0.370 e. The highest BCUT2D eigenvalue weighted by Crippen LogP contribution is 2.29. The molecule has 6 heteroatoms. The van der Waals surface area contributed by atoms with Crippen LogP contribution in [-0.4, -0.2) is 32.8 Å². The minimum atomic E-state index is 0.696. The normalized spacial score (nSPS) is 16.1. The first-order chi connectivity index (χ1) is 11.3. The number of pyridine rings is 2. The van der Waals surface area contributed by atoms with E-state index in [2.05, 4.69) is 42.0 Å². The van der Waals surface area contributed by atoms with E-state index in [0.29, 0.717) is 5.92 Å². The first-order valence-electron chi connectivity index (χ1n) is 7.92. The third-order valence-electron chi connectivity index (χ3n) is 4.48. The Morgan fingerprint density at radius 3 is 2.83 bits per heavy atom. The van der Waals surface area contributed by atoms with E-state index < -0.39 is 0 Å². The van der Waals surface area contributed by atoms with Crippen LogP contribution in [0.25, 0.3) is 11.0 Å². The van der Waals surface area contributed by atoms with Crippen LogP contribution < -0.4 is 4.90 Å². The molecule has 4 rings (SSSR count). The van der Waals surface area contributed by atoms with Gasteiger partial charge in [-0.2, -0.15) is 5.10 Å². The summed E-state index contributed by atoms with van der Waals surface area (Å²) >= 11 is 3.46. The lowest BCUT2D eigenvalue weighted by molar-refractivity contribution is 0.342. The second-order valence-electron chi connectivity index (χ2n) is 6.01. The topological polar surface area (TPSA) is 46.8 Å². The summed E-state index contributed by atoms with van der Waals surface area (Å²) in [5.74, 6) is 0.696. The molecule has 0 spiro atoms. The summed E-state index contributed by atoms with van der Waals surface area (Å²) in [7, 11) is 0. The Morgan fingerprint density at radius 2 is 2.04 bits per heavy atom. The van der Waals surface area contributed by atoms with Crippen LogP contribution in [0.1, 0.15) is 12.8 Å². The maximum absolute atomic E-state index is 4.57. The molecule has 4 heterocycles. The second-order valence-corrected chi connectivity index (χ2v) is 6.93. The Labute approximate surface area is 143 Å². The van der Waals surface area contributed by atoms with Crippen LogP contribution in [-0.2, 0) is 6.54 Å². The van der Waals surface area contributed by atoms with Crippen molar-refractivity contribution in [2.75, 3.05) is 18.0 Å². The Bertz CT molecular complexity index is 794. The molecular weight excluding hydrogens is 354 g/mol. The molecule has 1 fully saturated rings. The average molecular weight is 372 g/mol. The van der Waals surface area contributed by atoms with Crippen molar-refractivity contribution in [3.8, 4) is 0 Å².